The molecule has 0 unspecified atom stereocenters. The fraction of sp³-hybridized carbons (Fsp3) is 0.0833. The van der Waals surface area contributed by atoms with Gasteiger partial charge >= 0.3 is 0 Å². The minimum Gasteiger partial charge on any atom is -0.439 e. The van der Waals surface area contributed by atoms with Crippen molar-refractivity contribution in [3.8, 4) is 11.6 Å². The summed E-state index contributed by atoms with van der Waals surface area (Å²) in [4.78, 5) is 8.33. The third-order valence-corrected chi connectivity index (χ3v) is 2.39. The first-order chi connectivity index (χ1) is 9.90. The number of aromatic nitrogens is 6. The molecule has 2 heterocycles. The summed E-state index contributed by atoms with van der Waals surface area (Å²) in [7, 11) is 0. The Labute approximate surface area is 114 Å². The van der Waals surface area contributed by atoms with E-state index in [2.05, 4.69) is 35.9 Å². The van der Waals surface area contributed by atoms with Gasteiger partial charge in [0.1, 0.15) is 5.75 Å². The van der Waals surface area contributed by atoms with Gasteiger partial charge in [0.25, 0.3) is 0 Å². The molecule has 3 aromatic rings. The molecule has 0 bridgehead atoms. The Morgan fingerprint density at radius 3 is 2.85 bits per heavy atom. The first kappa shape index (κ1) is 12.0. The maximum atomic E-state index is 5.62. The Morgan fingerprint density at radius 2 is 2.05 bits per heavy atom. The highest BCUT2D eigenvalue weighted by Gasteiger charge is 2.03. The lowest BCUT2D eigenvalue weighted by atomic mass is 10.3. The van der Waals surface area contributed by atoms with Crippen LogP contribution in [0.4, 0.5) is 5.95 Å². The average molecular weight is 269 g/mol. The molecule has 0 atom stereocenters. The lowest BCUT2D eigenvalue weighted by Crippen LogP contribution is -2.05. The highest BCUT2D eigenvalue weighted by molar-refractivity contribution is 5.31. The zero-order chi connectivity index (χ0) is 13.6. The average Bonchev–Trinajstić information content (AvgIpc) is 3.00. The smallest absolute Gasteiger partial charge is 0.226 e. The first-order valence-electron chi connectivity index (χ1n) is 5.92. The van der Waals surface area contributed by atoms with Crippen molar-refractivity contribution >= 4 is 5.95 Å². The highest BCUT2D eigenvalue weighted by Crippen LogP contribution is 2.18. The fourth-order valence-corrected chi connectivity index (χ4v) is 1.51. The SMILES string of the molecule is c1ccc(Oc2ccnc(NCc3nn[nH]n3)n2)cc1. The third kappa shape index (κ3) is 3.05. The van der Waals surface area contributed by atoms with Crippen LogP contribution in [0.1, 0.15) is 5.82 Å². The van der Waals surface area contributed by atoms with Gasteiger partial charge < -0.3 is 10.1 Å². The van der Waals surface area contributed by atoms with Crippen LogP contribution in [0.5, 0.6) is 11.6 Å². The van der Waals surface area contributed by atoms with E-state index in [-0.39, 0.29) is 0 Å². The molecule has 8 nitrogen and oxygen atoms in total. The van der Waals surface area contributed by atoms with Crippen LogP contribution >= 0.6 is 0 Å². The summed E-state index contributed by atoms with van der Waals surface area (Å²) >= 11 is 0. The number of hydrogen-bond donors (Lipinski definition) is 2. The molecule has 100 valence electrons. The molecule has 0 fully saturated rings. The van der Waals surface area contributed by atoms with Gasteiger partial charge in [-0.05, 0) is 12.1 Å². The van der Waals surface area contributed by atoms with E-state index in [1.54, 1.807) is 12.3 Å². The van der Waals surface area contributed by atoms with E-state index in [9.17, 15) is 0 Å². The summed E-state index contributed by atoms with van der Waals surface area (Å²) < 4.78 is 5.62. The number of tetrazole rings is 1. The number of aromatic amines is 1. The second-order valence-corrected chi connectivity index (χ2v) is 3.82. The predicted octanol–water partition coefficient (Wildman–Crippen LogP) is 1.39. The largest absolute Gasteiger partial charge is 0.439 e. The highest BCUT2D eigenvalue weighted by atomic mass is 16.5. The van der Waals surface area contributed by atoms with Crippen LogP contribution in [0.2, 0.25) is 0 Å². The Morgan fingerprint density at radius 1 is 1.15 bits per heavy atom. The Balaban J connectivity index is 1.66. The third-order valence-electron chi connectivity index (χ3n) is 2.39. The molecular weight excluding hydrogens is 258 g/mol. The second-order valence-electron chi connectivity index (χ2n) is 3.82. The normalized spacial score (nSPS) is 10.2. The van der Waals surface area contributed by atoms with E-state index in [0.717, 1.165) is 5.75 Å². The predicted molar refractivity (Wildman–Crippen MR) is 70.1 cm³/mol. The van der Waals surface area contributed by atoms with Crippen molar-refractivity contribution in [2.75, 3.05) is 5.32 Å². The Kier molecular flexibility index (Phi) is 3.45. The number of anilines is 1. The summed E-state index contributed by atoms with van der Waals surface area (Å²) in [6.45, 7) is 0.380. The van der Waals surface area contributed by atoms with Gasteiger partial charge in [0, 0.05) is 12.3 Å². The van der Waals surface area contributed by atoms with Crippen LogP contribution in [-0.4, -0.2) is 30.6 Å². The van der Waals surface area contributed by atoms with Crippen molar-refractivity contribution in [3.05, 3.63) is 48.4 Å². The van der Waals surface area contributed by atoms with Crippen LogP contribution in [0.25, 0.3) is 0 Å². The monoisotopic (exact) mass is 269 g/mol. The fourth-order valence-electron chi connectivity index (χ4n) is 1.51. The molecular formula is C12H11N7O. The minimum atomic E-state index is 0.380. The molecule has 0 aliphatic rings. The number of rotatable bonds is 5. The maximum absolute atomic E-state index is 5.62. The summed E-state index contributed by atoms with van der Waals surface area (Å²) in [5, 5.41) is 16.5. The van der Waals surface area contributed by atoms with E-state index in [1.165, 1.54) is 0 Å². The van der Waals surface area contributed by atoms with E-state index in [1.807, 2.05) is 30.3 Å². The number of nitrogens with one attached hydrogen (secondary N) is 2. The number of para-hydroxylation sites is 1. The summed E-state index contributed by atoms with van der Waals surface area (Å²) in [6, 6.07) is 11.1. The number of nitrogens with zero attached hydrogens (tertiary/aromatic N) is 5. The molecule has 3 rings (SSSR count). The Hall–Kier alpha value is -3.03. The number of hydrogen-bond acceptors (Lipinski definition) is 7. The van der Waals surface area contributed by atoms with E-state index in [4.69, 9.17) is 4.74 Å². The van der Waals surface area contributed by atoms with Crippen LogP contribution in [0.3, 0.4) is 0 Å². The van der Waals surface area contributed by atoms with E-state index in [0.29, 0.717) is 24.2 Å². The quantitative estimate of drug-likeness (QED) is 0.721. The van der Waals surface area contributed by atoms with Gasteiger partial charge in [-0.3, -0.25) is 0 Å². The molecule has 2 aromatic heterocycles. The zero-order valence-electron chi connectivity index (χ0n) is 10.4. The van der Waals surface area contributed by atoms with Crippen LogP contribution in [0.15, 0.2) is 42.6 Å². The topological polar surface area (TPSA) is 102 Å². The minimum absolute atomic E-state index is 0.380. The van der Waals surface area contributed by atoms with E-state index >= 15 is 0 Å². The van der Waals surface area contributed by atoms with Crippen molar-refractivity contribution in [1.82, 2.24) is 30.6 Å². The van der Waals surface area contributed by atoms with Crippen LogP contribution < -0.4 is 10.1 Å². The van der Waals surface area contributed by atoms with Gasteiger partial charge in [-0.25, -0.2) is 4.98 Å². The first-order valence-corrected chi connectivity index (χ1v) is 5.92. The lowest BCUT2D eigenvalue weighted by Gasteiger charge is -2.06. The molecule has 0 spiro atoms. The molecule has 20 heavy (non-hydrogen) atoms. The Bertz CT molecular complexity index is 657. The number of benzene rings is 1. The van der Waals surface area contributed by atoms with Gasteiger partial charge in [0.15, 0.2) is 5.82 Å². The van der Waals surface area contributed by atoms with Gasteiger partial charge in [0.2, 0.25) is 11.8 Å². The van der Waals surface area contributed by atoms with Crippen LogP contribution in [0, 0.1) is 0 Å². The van der Waals surface area contributed by atoms with Crippen LogP contribution in [-0.2, 0) is 6.54 Å². The van der Waals surface area contributed by atoms with E-state index < -0.39 is 0 Å². The van der Waals surface area contributed by atoms with Gasteiger partial charge in [-0.2, -0.15) is 10.2 Å². The molecule has 0 aliphatic heterocycles. The lowest BCUT2D eigenvalue weighted by molar-refractivity contribution is 0.462. The molecule has 8 heteroatoms. The molecule has 0 aliphatic carbocycles. The van der Waals surface area contributed by atoms with Crippen molar-refractivity contribution in [2.45, 2.75) is 6.54 Å². The summed E-state index contributed by atoms with van der Waals surface area (Å²) in [5.74, 6) is 2.14. The second kappa shape index (κ2) is 5.74. The zero-order valence-corrected chi connectivity index (χ0v) is 10.4. The summed E-state index contributed by atoms with van der Waals surface area (Å²) in [6.07, 6.45) is 1.61. The number of H-pyrrole nitrogens is 1. The van der Waals surface area contributed by atoms with Gasteiger partial charge in [-0.1, -0.05) is 23.4 Å². The number of ether oxygens (including phenoxy) is 1. The van der Waals surface area contributed by atoms with Crippen molar-refractivity contribution in [1.29, 1.82) is 0 Å². The molecule has 0 amide bonds. The van der Waals surface area contributed by atoms with Gasteiger partial charge in [-0.15, -0.1) is 10.2 Å². The summed E-state index contributed by atoms with van der Waals surface area (Å²) in [5.41, 5.74) is 0. The molecule has 2 N–H and O–H groups in total. The van der Waals surface area contributed by atoms with Crippen molar-refractivity contribution in [3.63, 3.8) is 0 Å². The van der Waals surface area contributed by atoms with Gasteiger partial charge in [0.05, 0.1) is 6.54 Å². The molecule has 0 saturated heterocycles. The molecule has 1 aromatic carbocycles. The van der Waals surface area contributed by atoms with Crippen molar-refractivity contribution in [2.24, 2.45) is 0 Å². The maximum Gasteiger partial charge on any atom is 0.226 e. The van der Waals surface area contributed by atoms with Crippen molar-refractivity contribution < 1.29 is 4.74 Å². The molecule has 0 radical (unpaired) electrons. The standard InChI is InChI=1S/C12H11N7O/c1-2-4-9(5-3-1)20-11-6-7-13-12(15-11)14-8-10-16-18-19-17-10/h1-7H,8H2,(H,13,14,15)(H,16,17,18,19). The molecule has 0 saturated carbocycles.